The monoisotopic (exact) mass is 1580 g/mol. The number of carbonyl (C=O) groups excluding carboxylic acids is 5. The second kappa shape index (κ2) is 40.6. The SMILES string of the molecule is C=C(C/C=C(\C)CCC=C(C)C)CCC(C)(C)/C=C/CC/C(C)=C/CO[C@@H](COP(=O)(O)O[C@H]1O[C@H](C(=O)O)[C@@](C)(O)[C@H](OC(N)=O)[C@H]1O[C@@H]1O[C@H](CO[C@@H]2C[C@H](CO)[C@@H](O)[C@H](O)[C@H]2O)[C@@H](O[C@@H]2O[C@H](C)[C@@H](O[C@@H]3O[C@H](C(=O)NC4=C(O)CCC4=O)[C@H](O)[C@H](O)[C@H]3O)[C@H](O)[C@H]2NC(C)=O)[C@H](O)[C@H]1NC(C)=O)C(=O)O. The average molecular weight is 1580 g/mol. The van der Waals surface area contributed by atoms with Gasteiger partial charge in [-0.05, 0) is 98.3 Å². The van der Waals surface area contributed by atoms with Crippen molar-refractivity contribution in [1.29, 1.82) is 0 Å². The third kappa shape index (κ3) is 25.4. The number of aliphatic hydroxyl groups is 11. The number of hydrogen-bond acceptors (Lipinski definition) is 31. The summed E-state index contributed by atoms with van der Waals surface area (Å²) in [7, 11) is -5.88. The molecule has 27 atom stereocenters. The van der Waals surface area contributed by atoms with Crippen LogP contribution in [0.15, 0.2) is 70.7 Å². The fourth-order valence-corrected chi connectivity index (χ4v) is 13.9. The van der Waals surface area contributed by atoms with Crippen LogP contribution < -0.4 is 21.7 Å². The lowest BCUT2D eigenvalue weighted by atomic mass is 9.81. The van der Waals surface area contributed by atoms with E-state index in [0.717, 1.165) is 64.0 Å². The Bertz CT molecular complexity index is 3360. The van der Waals surface area contributed by atoms with Crippen molar-refractivity contribution in [3.63, 3.8) is 0 Å². The molecule has 0 radical (unpaired) electrons. The largest absolute Gasteiger partial charge is 0.510 e. The van der Waals surface area contributed by atoms with Gasteiger partial charge in [-0.1, -0.05) is 73.1 Å². The van der Waals surface area contributed by atoms with Crippen LogP contribution in [0.4, 0.5) is 4.79 Å². The van der Waals surface area contributed by atoms with Crippen LogP contribution in [0.5, 0.6) is 0 Å². The lowest BCUT2D eigenvalue weighted by Gasteiger charge is -2.51. The number of phosphoric ester groups is 1. The molecular weight excluding hydrogens is 1470 g/mol. The minimum atomic E-state index is -5.88. The van der Waals surface area contributed by atoms with Crippen molar-refractivity contribution in [2.45, 2.75) is 286 Å². The van der Waals surface area contributed by atoms with E-state index in [1.807, 2.05) is 6.08 Å². The molecule has 1 unspecified atom stereocenters. The third-order valence-electron chi connectivity index (χ3n) is 19.4. The zero-order valence-corrected chi connectivity index (χ0v) is 63.3. The Morgan fingerprint density at radius 1 is 0.743 bits per heavy atom. The highest BCUT2D eigenvalue weighted by Gasteiger charge is 2.63. The number of allylic oxidation sites excluding steroid dienone is 10. The highest BCUT2D eigenvalue weighted by atomic mass is 31.2. The van der Waals surface area contributed by atoms with Gasteiger partial charge in [0.1, 0.15) is 90.2 Å². The summed E-state index contributed by atoms with van der Waals surface area (Å²) in [6.07, 6.45) is -33.3. The van der Waals surface area contributed by atoms with E-state index < -0.39 is 239 Å². The topological polar surface area (TPSA) is 593 Å². The second-order valence-corrected chi connectivity index (χ2v) is 30.7. The zero-order valence-electron chi connectivity index (χ0n) is 62.4. The van der Waals surface area contributed by atoms with E-state index >= 15 is 0 Å². The van der Waals surface area contributed by atoms with Crippen molar-refractivity contribution in [3.8, 4) is 0 Å². The first-order chi connectivity index (χ1) is 50.9. The van der Waals surface area contributed by atoms with Crippen molar-refractivity contribution in [2.24, 2.45) is 17.1 Å². The summed E-state index contributed by atoms with van der Waals surface area (Å²) < 4.78 is 83.4. The molecule has 4 saturated heterocycles. The van der Waals surface area contributed by atoms with Gasteiger partial charge in [-0.25, -0.2) is 18.9 Å². The summed E-state index contributed by atoms with van der Waals surface area (Å²) in [5.74, 6) is -9.28. The van der Waals surface area contributed by atoms with E-state index in [-0.39, 0.29) is 31.3 Å². The van der Waals surface area contributed by atoms with Crippen LogP contribution in [-0.4, -0.2) is 292 Å². The van der Waals surface area contributed by atoms with Crippen LogP contribution in [-0.2, 0) is 89.7 Å². The van der Waals surface area contributed by atoms with Gasteiger partial charge >= 0.3 is 25.9 Å². The van der Waals surface area contributed by atoms with Gasteiger partial charge in [-0.15, -0.1) is 0 Å². The van der Waals surface area contributed by atoms with E-state index in [9.17, 15) is 109 Å². The van der Waals surface area contributed by atoms with Crippen molar-refractivity contribution >= 4 is 49.4 Å². The van der Waals surface area contributed by atoms with Crippen LogP contribution in [0, 0.1) is 11.3 Å². The molecule has 4 amide bonds. The van der Waals surface area contributed by atoms with Crippen LogP contribution >= 0.6 is 7.82 Å². The molecule has 4 heterocycles. The smallest absolute Gasteiger partial charge is 0.474 e. The number of aliphatic carboxylic acids is 2. The maximum Gasteiger partial charge on any atom is 0.474 e. The molecule has 0 aromatic heterocycles. The van der Waals surface area contributed by atoms with Crippen molar-refractivity contribution in [2.75, 3.05) is 26.4 Å². The Balaban J connectivity index is 1.25. The number of nitrogens with two attached hydrogens (primary N) is 1. The van der Waals surface area contributed by atoms with E-state index in [4.69, 9.17) is 62.1 Å². The van der Waals surface area contributed by atoms with Crippen LogP contribution in [0.1, 0.15) is 133 Å². The predicted molar refractivity (Wildman–Crippen MR) is 373 cm³/mol. The maximum atomic E-state index is 14.1. The molecule has 0 aromatic rings. The Morgan fingerprint density at radius 2 is 1.34 bits per heavy atom. The van der Waals surface area contributed by atoms with E-state index in [1.165, 1.54) is 18.1 Å². The number of aliphatic hydroxyl groups excluding tert-OH is 10. The van der Waals surface area contributed by atoms with Crippen LogP contribution in [0.3, 0.4) is 0 Å². The molecule has 2 aliphatic carbocycles. The summed E-state index contributed by atoms with van der Waals surface area (Å²) in [5, 5.41) is 150. The number of ketones is 1. The van der Waals surface area contributed by atoms with Crippen molar-refractivity contribution in [3.05, 3.63) is 70.7 Å². The Morgan fingerprint density at radius 3 is 1.93 bits per heavy atom. The molecule has 39 heteroatoms. The molecule has 618 valence electrons. The van der Waals surface area contributed by atoms with Gasteiger partial charge in [0.25, 0.3) is 5.91 Å². The predicted octanol–water partition coefficient (Wildman–Crippen LogP) is -0.765. The molecule has 6 aliphatic rings. The zero-order chi connectivity index (χ0) is 81.5. The Labute approximate surface area is 629 Å². The number of hydrogen-bond donors (Lipinski definition) is 18. The number of phosphoric acid groups is 1. The molecular formula is C70H109N4O34P. The van der Waals surface area contributed by atoms with Crippen LogP contribution in [0.2, 0.25) is 0 Å². The van der Waals surface area contributed by atoms with Gasteiger partial charge in [-0.3, -0.25) is 28.2 Å². The Kier molecular flexibility index (Phi) is 34.1. The lowest BCUT2D eigenvalue weighted by Crippen LogP contribution is -2.72. The van der Waals surface area contributed by atoms with Gasteiger partial charge in [-0.2, -0.15) is 0 Å². The van der Waals surface area contributed by atoms with E-state index in [1.54, 1.807) is 13.0 Å². The number of rotatable bonds is 37. The molecule has 5 fully saturated rings. The molecule has 1 saturated carbocycles. The molecule has 0 spiro atoms. The fourth-order valence-electron chi connectivity index (χ4n) is 13.0. The molecule has 109 heavy (non-hydrogen) atoms. The minimum Gasteiger partial charge on any atom is -0.510 e. The number of ether oxygens (including phenoxy) is 10. The first-order valence-corrected chi connectivity index (χ1v) is 37.1. The fraction of sp³-hybridized carbons (Fsp3) is 0.729. The maximum absolute atomic E-state index is 14.1. The van der Waals surface area contributed by atoms with Gasteiger partial charge in [0.05, 0.1) is 38.1 Å². The lowest BCUT2D eigenvalue weighted by molar-refractivity contribution is -0.372. The second-order valence-electron chi connectivity index (χ2n) is 29.3. The normalized spacial score (nSPS) is 35.6. The minimum absolute atomic E-state index is 0.126. The average Bonchev–Trinajstić information content (AvgIpc) is 1.80. The van der Waals surface area contributed by atoms with Crippen molar-refractivity contribution in [1.82, 2.24) is 16.0 Å². The molecule has 19 N–H and O–H groups in total. The molecule has 0 aromatic carbocycles. The number of carboxylic acid groups (broad SMARTS) is 2. The number of carboxylic acids is 2. The number of carbonyl (C=O) groups is 7. The van der Waals surface area contributed by atoms with Gasteiger partial charge in [0.15, 0.2) is 61.5 Å². The van der Waals surface area contributed by atoms with Gasteiger partial charge in [0.2, 0.25) is 11.8 Å². The standard InChI is InChI=1S/C70H109N4O34P/c1-31(2)15-14-17-32(3)18-19-34(5)22-25-69(9,10)24-13-12-16-33(4)23-26-97-43(62(89)90)30-99-109(95,96)108-67-58(59(107-68(71)93)70(11,94)60(106-67)63(91)92)105-65-46(73-37(8)77)50(83)56(42(101-65)29-98-41-27-38(28-75)47(80)51(84)48(41)81)103-64-45(72-36(7)76)49(82)55(35(6)100-64)102-66-54(87)52(85)53(86)57(104-66)61(88)74-44-39(78)20-21-40(44)79/h13,15,18,23-24,35,38,41-43,45-60,64-67,75,78,80-87,94H,5,12,14,16-17,19-22,25-30H2,1-4,6-11H3,(H2,71,93)(H,72,76)(H,73,77)(H,74,88)(H,89,90)(H,91,92)(H,95,96)/b24-13+,32-18+,33-23+/t35-,38-,41-,42-,43+,45-,46-,47-,48+,49-,50-,51+,52+,53-,54-,55-,56-,57+,58-,59-,60-,64+,65+,66-,67-,70+/m1/s1. The summed E-state index contributed by atoms with van der Waals surface area (Å²) in [6, 6.07) is -3.98. The van der Waals surface area contributed by atoms with Crippen molar-refractivity contribution < 1.29 is 166 Å². The van der Waals surface area contributed by atoms with Gasteiger partial charge < -0.3 is 140 Å². The molecule has 0 bridgehead atoms. The van der Waals surface area contributed by atoms with Crippen LogP contribution in [0.25, 0.3) is 0 Å². The quantitative estimate of drug-likeness (QED) is 0.0268. The summed E-state index contributed by atoms with van der Waals surface area (Å²) >= 11 is 0. The number of Topliss-reactive ketones (excluding diaryl/α,β-unsaturated/α-hetero) is 1. The first-order valence-electron chi connectivity index (χ1n) is 35.6. The molecule has 4 aliphatic heterocycles. The first kappa shape index (κ1) is 91.8. The van der Waals surface area contributed by atoms with Gasteiger partial charge in [0, 0.05) is 39.2 Å². The highest BCUT2D eigenvalue weighted by Crippen LogP contribution is 2.49. The summed E-state index contributed by atoms with van der Waals surface area (Å²) in [4.78, 5) is 102. The summed E-state index contributed by atoms with van der Waals surface area (Å²) in [5.41, 5.74) is 6.25. The third-order valence-corrected chi connectivity index (χ3v) is 20.4. The number of amides is 4. The molecule has 38 nitrogen and oxygen atoms in total. The summed E-state index contributed by atoms with van der Waals surface area (Å²) in [6.45, 7) is 17.0. The van der Waals surface area contributed by atoms with E-state index in [2.05, 4.69) is 75.4 Å². The number of nitrogens with one attached hydrogen (secondary N) is 3. The highest BCUT2D eigenvalue weighted by molar-refractivity contribution is 7.47. The molecule has 6 rings (SSSR count). The number of primary amides is 1. The Hall–Kier alpha value is -6.12. The van der Waals surface area contributed by atoms with E-state index in [0.29, 0.717) is 12.8 Å².